The van der Waals surface area contributed by atoms with Crippen molar-refractivity contribution in [1.82, 2.24) is 9.62 Å². The molecular formula is C14H22N2O5S2. The molecule has 23 heavy (non-hydrogen) atoms. The molecule has 1 aromatic carbocycles. The third-order valence-electron chi connectivity index (χ3n) is 3.64. The summed E-state index contributed by atoms with van der Waals surface area (Å²) in [6.45, 7) is 3.84. The van der Waals surface area contributed by atoms with Crippen molar-refractivity contribution in [1.29, 1.82) is 0 Å². The molecule has 0 radical (unpaired) electrons. The number of sulfonamides is 1. The minimum absolute atomic E-state index is 0.0513. The maximum Gasteiger partial charge on any atom is 0.243 e. The molecule has 0 amide bonds. The molecule has 1 aliphatic heterocycles. The van der Waals surface area contributed by atoms with Gasteiger partial charge in [-0.15, -0.1) is 0 Å². The van der Waals surface area contributed by atoms with Crippen molar-refractivity contribution in [2.45, 2.75) is 11.8 Å². The van der Waals surface area contributed by atoms with Gasteiger partial charge < -0.3 is 10.1 Å². The van der Waals surface area contributed by atoms with Gasteiger partial charge in [0.25, 0.3) is 0 Å². The van der Waals surface area contributed by atoms with Crippen molar-refractivity contribution >= 4 is 19.9 Å². The zero-order valence-electron chi connectivity index (χ0n) is 13.1. The van der Waals surface area contributed by atoms with Gasteiger partial charge in [-0.05, 0) is 24.3 Å². The Morgan fingerprint density at radius 3 is 2.26 bits per heavy atom. The molecule has 0 aliphatic carbocycles. The lowest BCUT2D eigenvalue weighted by molar-refractivity contribution is 0.340. The molecule has 0 saturated carbocycles. The number of hydrogen-bond acceptors (Lipinski definition) is 6. The first-order valence-corrected chi connectivity index (χ1v) is 10.8. The first-order chi connectivity index (χ1) is 10.8. The highest BCUT2D eigenvalue weighted by molar-refractivity contribution is 7.91. The van der Waals surface area contributed by atoms with Gasteiger partial charge in [0.15, 0.2) is 9.84 Å². The summed E-state index contributed by atoms with van der Waals surface area (Å²) in [5.41, 5.74) is 0. The van der Waals surface area contributed by atoms with Crippen LogP contribution < -0.4 is 10.1 Å². The number of rotatable bonds is 7. The second-order valence-electron chi connectivity index (χ2n) is 5.21. The Hall–Kier alpha value is -1.16. The zero-order valence-corrected chi connectivity index (χ0v) is 14.7. The van der Waals surface area contributed by atoms with Gasteiger partial charge in [0, 0.05) is 31.9 Å². The molecule has 0 spiro atoms. The predicted molar refractivity (Wildman–Crippen MR) is 87.9 cm³/mol. The van der Waals surface area contributed by atoms with Gasteiger partial charge in [0.1, 0.15) is 12.4 Å². The Bertz CT molecular complexity index is 708. The van der Waals surface area contributed by atoms with E-state index < -0.39 is 19.9 Å². The summed E-state index contributed by atoms with van der Waals surface area (Å²) in [4.78, 5) is 0.216. The van der Waals surface area contributed by atoms with E-state index in [0.29, 0.717) is 31.9 Å². The van der Waals surface area contributed by atoms with Gasteiger partial charge in [0.2, 0.25) is 10.0 Å². The summed E-state index contributed by atoms with van der Waals surface area (Å²) in [6.07, 6.45) is 0. The molecule has 130 valence electrons. The van der Waals surface area contributed by atoms with Crippen molar-refractivity contribution in [3.8, 4) is 5.75 Å². The van der Waals surface area contributed by atoms with Crippen LogP contribution >= 0.6 is 0 Å². The van der Waals surface area contributed by atoms with E-state index >= 15 is 0 Å². The van der Waals surface area contributed by atoms with E-state index in [1.807, 2.05) is 0 Å². The first-order valence-electron chi connectivity index (χ1n) is 7.49. The van der Waals surface area contributed by atoms with E-state index in [1.54, 1.807) is 19.1 Å². The van der Waals surface area contributed by atoms with E-state index in [0.717, 1.165) is 0 Å². The van der Waals surface area contributed by atoms with Crippen LogP contribution in [0.1, 0.15) is 6.92 Å². The number of nitrogens with zero attached hydrogens (tertiary/aromatic N) is 1. The van der Waals surface area contributed by atoms with Gasteiger partial charge in [0.05, 0.1) is 10.6 Å². The van der Waals surface area contributed by atoms with Crippen LogP contribution in [0.4, 0.5) is 0 Å². The first kappa shape index (κ1) is 18.2. The number of piperazine rings is 1. The van der Waals surface area contributed by atoms with Crippen LogP contribution in [0.2, 0.25) is 0 Å². The minimum atomic E-state index is -3.48. The normalized spacial score (nSPS) is 17.1. The predicted octanol–water partition coefficient (Wildman–Crippen LogP) is 0.0940. The average molecular weight is 362 g/mol. The van der Waals surface area contributed by atoms with Crippen LogP contribution in [-0.2, 0) is 19.9 Å². The van der Waals surface area contributed by atoms with Gasteiger partial charge >= 0.3 is 0 Å². The van der Waals surface area contributed by atoms with E-state index in [2.05, 4.69) is 5.32 Å². The van der Waals surface area contributed by atoms with Crippen LogP contribution in [0.5, 0.6) is 5.75 Å². The molecule has 0 bridgehead atoms. The average Bonchev–Trinajstić information content (AvgIpc) is 2.56. The molecule has 7 nitrogen and oxygen atoms in total. The molecule has 1 N–H and O–H groups in total. The molecule has 1 heterocycles. The van der Waals surface area contributed by atoms with E-state index in [1.165, 1.54) is 16.4 Å². The summed E-state index contributed by atoms with van der Waals surface area (Å²) in [6, 6.07) is 6.07. The van der Waals surface area contributed by atoms with Crippen LogP contribution in [0.25, 0.3) is 0 Å². The molecule has 1 fully saturated rings. The highest BCUT2D eigenvalue weighted by atomic mass is 32.2. The fourth-order valence-electron chi connectivity index (χ4n) is 2.17. The molecule has 9 heteroatoms. The molecule has 1 aromatic rings. The Balaban J connectivity index is 1.99. The SMILES string of the molecule is CCS(=O)(=O)CCOc1ccc(S(=O)(=O)N2CCNCC2)cc1. The maximum atomic E-state index is 12.5. The lowest BCUT2D eigenvalue weighted by Crippen LogP contribution is -2.46. The Morgan fingerprint density at radius 1 is 1.09 bits per heavy atom. The molecule has 1 aliphatic rings. The number of sulfone groups is 1. The maximum absolute atomic E-state index is 12.5. The van der Waals surface area contributed by atoms with E-state index in [-0.39, 0.29) is 23.0 Å². The van der Waals surface area contributed by atoms with Crippen LogP contribution in [0.15, 0.2) is 29.2 Å². The van der Waals surface area contributed by atoms with Gasteiger partial charge in [-0.1, -0.05) is 6.92 Å². The van der Waals surface area contributed by atoms with Crippen molar-refractivity contribution < 1.29 is 21.6 Å². The van der Waals surface area contributed by atoms with E-state index in [4.69, 9.17) is 4.74 Å². The highest BCUT2D eigenvalue weighted by Crippen LogP contribution is 2.20. The van der Waals surface area contributed by atoms with Crippen molar-refractivity contribution in [3.05, 3.63) is 24.3 Å². The second-order valence-corrected chi connectivity index (χ2v) is 9.62. The lowest BCUT2D eigenvalue weighted by atomic mass is 10.3. The fourth-order valence-corrected chi connectivity index (χ4v) is 4.24. The molecular weight excluding hydrogens is 340 g/mol. The fraction of sp³-hybridized carbons (Fsp3) is 0.571. The lowest BCUT2D eigenvalue weighted by Gasteiger charge is -2.26. The third-order valence-corrected chi connectivity index (χ3v) is 7.22. The summed E-state index contributed by atoms with van der Waals surface area (Å²) >= 11 is 0. The monoisotopic (exact) mass is 362 g/mol. The summed E-state index contributed by atoms with van der Waals surface area (Å²) < 4.78 is 54.5. The molecule has 2 rings (SSSR count). The largest absolute Gasteiger partial charge is 0.493 e. The van der Waals surface area contributed by atoms with Crippen LogP contribution in [0, 0.1) is 0 Å². The highest BCUT2D eigenvalue weighted by Gasteiger charge is 2.25. The zero-order chi connectivity index (χ0) is 16.9. The van der Waals surface area contributed by atoms with Crippen LogP contribution in [0.3, 0.4) is 0 Å². The van der Waals surface area contributed by atoms with Gasteiger partial charge in [-0.2, -0.15) is 4.31 Å². The standard InChI is InChI=1S/C14H22N2O5S2/c1-2-22(17,18)12-11-21-13-3-5-14(6-4-13)23(19,20)16-9-7-15-8-10-16/h3-6,15H,2,7-12H2,1H3. The molecule has 0 aromatic heterocycles. The molecule has 0 unspecified atom stereocenters. The number of benzene rings is 1. The Kier molecular flexibility index (Phi) is 6.01. The Labute approximate surface area is 137 Å². The Morgan fingerprint density at radius 2 is 1.70 bits per heavy atom. The van der Waals surface area contributed by atoms with Gasteiger partial charge in [-0.25, -0.2) is 16.8 Å². The number of ether oxygens (including phenoxy) is 1. The number of hydrogen-bond donors (Lipinski definition) is 1. The molecule has 0 atom stereocenters. The molecule has 1 saturated heterocycles. The van der Waals surface area contributed by atoms with E-state index in [9.17, 15) is 16.8 Å². The summed E-state index contributed by atoms with van der Waals surface area (Å²) in [7, 11) is -6.55. The number of nitrogens with one attached hydrogen (secondary N) is 1. The minimum Gasteiger partial charge on any atom is -0.493 e. The smallest absolute Gasteiger partial charge is 0.243 e. The summed E-state index contributed by atoms with van der Waals surface area (Å²) in [5.74, 6) is 0.485. The van der Waals surface area contributed by atoms with Crippen molar-refractivity contribution in [2.75, 3.05) is 44.3 Å². The van der Waals surface area contributed by atoms with Gasteiger partial charge in [-0.3, -0.25) is 0 Å². The summed E-state index contributed by atoms with van der Waals surface area (Å²) in [5, 5.41) is 3.11. The quantitative estimate of drug-likeness (QED) is 0.739. The van der Waals surface area contributed by atoms with Crippen molar-refractivity contribution in [2.24, 2.45) is 0 Å². The topological polar surface area (TPSA) is 92.8 Å². The second kappa shape index (κ2) is 7.61. The third kappa shape index (κ3) is 4.90. The van der Waals surface area contributed by atoms with Crippen LogP contribution in [-0.4, -0.2) is 65.4 Å². The van der Waals surface area contributed by atoms with Crippen molar-refractivity contribution in [3.63, 3.8) is 0 Å².